The summed E-state index contributed by atoms with van der Waals surface area (Å²) in [6.07, 6.45) is 0.736. The SMILES string of the molecule is COc1ccccc1-c1cc(NC(=O)CCCC(=O)Nc2cc(-c3ccccc3OC)[nH]n2)n[nH]1. The number of nitrogens with zero attached hydrogens (tertiary/aromatic N) is 2. The Bertz CT molecular complexity index is 1210. The second-order valence-electron chi connectivity index (χ2n) is 7.68. The van der Waals surface area contributed by atoms with E-state index in [1.807, 2.05) is 48.5 Å². The van der Waals surface area contributed by atoms with Crippen LogP contribution in [0, 0.1) is 0 Å². The van der Waals surface area contributed by atoms with Crippen LogP contribution in [0.2, 0.25) is 0 Å². The molecule has 0 aliphatic heterocycles. The molecule has 0 saturated heterocycles. The Balaban J connectivity index is 1.24. The van der Waals surface area contributed by atoms with Crippen molar-refractivity contribution in [1.29, 1.82) is 0 Å². The summed E-state index contributed by atoms with van der Waals surface area (Å²) in [7, 11) is 3.19. The summed E-state index contributed by atoms with van der Waals surface area (Å²) < 4.78 is 10.7. The third kappa shape index (κ3) is 5.85. The molecule has 0 saturated carbocycles. The zero-order chi connectivity index (χ0) is 24.6. The molecule has 0 fully saturated rings. The summed E-state index contributed by atoms with van der Waals surface area (Å²) in [6.45, 7) is 0. The molecule has 10 nitrogen and oxygen atoms in total. The monoisotopic (exact) mass is 474 g/mol. The van der Waals surface area contributed by atoms with Gasteiger partial charge in [-0.15, -0.1) is 0 Å². The molecule has 0 radical (unpaired) electrons. The molecule has 4 rings (SSSR count). The minimum absolute atomic E-state index is 0.178. The Morgan fingerprint density at radius 3 is 1.60 bits per heavy atom. The molecule has 10 heteroatoms. The molecule has 2 amide bonds. The highest BCUT2D eigenvalue weighted by Gasteiger charge is 2.13. The van der Waals surface area contributed by atoms with Gasteiger partial charge in [0.15, 0.2) is 11.6 Å². The van der Waals surface area contributed by atoms with Crippen LogP contribution in [0.3, 0.4) is 0 Å². The van der Waals surface area contributed by atoms with Crippen LogP contribution in [0.5, 0.6) is 11.5 Å². The number of hydrogen-bond acceptors (Lipinski definition) is 6. The number of anilines is 2. The number of carbonyl (C=O) groups is 2. The van der Waals surface area contributed by atoms with E-state index in [0.29, 0.717) is 29.6 Å². The predicted octanol–water partition coefficient (Wildman–Crippen LogP) is 4.23. The van der Waals surface area contributed by atoms with Gasteiger partial charge in [-0.3, -0.25) is 19.8 Å². The molecule has 0 spiro atoms. The number of para-hydroxylation sites is 2. The molecule has 0 aliphatic carbocycles. The second-order valence-corrected chi connectivity index (χ2v) is 7.68. The summed E-state index contributed by atoms with van der Waals surface area (Å²) in [5, 5.41) is 19.5. The quantitative estimate of drug-likeness (QED) is 0.272. The minimum atomic E-state index is -0.228. The van der Waals surface area contributed by atoms with Gasteiger partial charge in [0.1, 0.15) is 11.5 Å². The number of rotatable bonds is 10. The van der Waals surface area contributed by atoms with Crippen molar-refractivity contribution in [3.8, 4) is 34.0 Å². The predicted molar refractivity (Wildman–Crippen MR) is 132 cm³/mol. The average Bonchev–Trinajstić information content (AvgIpc) is 3.53. The maximum Gasteiger partial charge on any atom is 0.225 e. The molecule has 2 aromatic carbocycles. The Labute approximate surface area is 202 Å². The van der Waals surface area contributed by atoms with Gasteiger partial charge >= 0.3 is 0 Å². The average molecular weight is 475 g/mol. The molecule has 4 N–H and O–H groups in total. The molecule has 0 aliphatic rings. The van der Waals surface area contributed by atoms with Crippen molar-refractivity contribution in [2.24, 2.45) is 0 Å². The number of aromatic amines is 2. The highest BCUT2D eigenvalue weighted by Crippen LogP contribution is 2.30. The lowest BCUT2D eigenvalue weighted by Gasteiger charge is -2.05. The number of ether oxygens (including phenoxy) is 2. The molecule has 180 valence electrons. The van der Waals surface area contributed by atoms with E-state index in [0.717, 1.165) is 22.5 Å². The highest BCUT2D eigenvalue weighted by atomic mass is 16.5. The summed E-state index contributed by atoms with van der Waals surface area (Å²) in [6, 6.07) is 18.5. The van der Waals surface area contributed by atoms with Crippen molar-refractivity contribution in [2.45, 2.75) is 19.3 Å². The number of hydrogen-bond donors (Lipinski definition) is 4. The summed E-state index contributed by atoms with van der Waals surface area (Å²) in [5.41, 5.74) is 3.13. The lowest BCUT2D eigenvalue weighted by atomic mass is 10.1. The normalized spacial score (nSPS) is 10.6. The van der Waals surface area contributed by atoms with E-state index in [1.165, 1.54) is 0 Å². The van der Waals surface area contributed by atoms with Crippen LogP contribution in [0.4, 0.5) is 11.6 Å². The number of methoxy groups -OCH3 is 2. The van der Waals surface area contributed by atoms with E-state index >= 15 is 0 Å². The van der Waals surface area contributed by atoms with Crippen LogP contribution in [0.25, 0.3) is 22.5 Å². The van der Waals surface area contributed by atoms with Gasteiger partial charge in [-0.1, -0.05) is 24.3 Å². The topological polar surface area (TPSA) is 134 Å². The molecule has 35 heavy (non-hydrogen) atoms. The minimum Gasteiger partial charge on any atom is -0.496 e. The molecular formula is C25H26N6O4. The first-order chi connectivity index (χ1) is 17.1. The van der Waals surface area contributed by atoms with Gasteiger partial charge in [0.05, 0.1) is 25.6 Å². The first-order valence-electron chi connectivity index (χ1n) is 11.0. The van der Waals surface area contributed by atoms with Crippen LogP contribution in [-0.4, -0.2) is 46.4 Å². The largest absolute Gasteiger partial charge is 0.496 e. The molecule has 2 aromatic heterocycles. The van der Waals surface area contributed by atoms with E-state index < -0.39 is 0 Å². The van der Waals surface area contributed by atoms with Gasteiger partial charge in [0.25, 0.3) is 0 Å². The fraction of sp³-hybridized carbons (Fsp3) is 0.200. The Hall–Kier alpha value is -4.60. The van der Waals surface area contributed by atoms with Crippen molar-refractivity contribution in [3.05, 3.63) is 60.7 Å². The fourth-order valence-electron chi connectivity index (χ4n) is 3.60. The van der Waals surface area contributed by atoms with Crippen molar-refractivity contribution in [1.82, 2.24) is 20.4 Å². The maximum absolute atomic E-state index is 12.3. The molecule has 2 heterocycles. The van der Waals surface area contributed by atoms with E-state index in [1.54, 1.807) is 26.4 Å². The van der Waals surface area contributed by atoms with Gasteiger partial charge < -0.3 is 20.1 Å². The third-order valence-electron chi connectivity index (χ3n) is 5.29. The highest BCUT2D eigenvalue weighted by molar-refractivity contribution is 5.92. The summed E-state index contributed by atoms with van der Waals surface area (Å²) in [4.78, 5) is 24.6. The van der Waals surface area contributed by atoms with Crippen LogP contribution in [0.1, 0.15) is 19.3 Å². The summed E-state index contributed by atoms with van der Waals surface area (Å²) >= 11 is 0. The fourth-order valence-corrected chi connectivity index (χ4v) is 3.60. The van der Waals surface area contributed by atoms with Gasteiger partial charge in [-0.05, 0) is 30.7 Å². The standard InChI is InChI=1S/C25H26N6O4/c1-34-20-10-5-3-8-16(20)18-14-22(30-28-18)26-24(32)12-7-13-25(33)27-23-15-19(29-31-23)17-9-4-6-11-21(17)35-2/h3-6,8-11,14-15H,7,12-13H2,1-2H3,(H2,26,28,30,32)(H2,27,29,31,33). The van der Waals surface area contributed by atoms with Crippen molar-refractivity contribution >= 4 is 23.5 Å². The van der Waals surface area contributed by atoms with E-state index in [4.69, 9.17) is 9.47 Å². The Morgan fingerprint density at radius 1 is 0.743 bits per heavy atom. The first-order valence-corrected chi connectivity index (χ1v) is 11.0. The zero-order valence-electron chi connectivity index (χ0n) is 19.4. The van der Waals surface area contributed by atoms with Gasteiger partial charge in [0, 0.05) is 36.1 Å². The molecular weight excluding hydrogens is 448 g/mol. The second kappa shape index (κ2) is 11.0. The molecule has 0 atom stereocenters. The zero-order valence-corrected chi connectivity index (χ0v) is 19.4. The Morgan fingerprint density at radius 2 is 1.17 bits per heavy atom. The van der Waals surface area contributed by atoms with Gasteiger partial charge in [-0.2, -0.15) is 10.2 Å². The lowest BCUT2D eigenvalue weighted by Crippen LogP contribution is -2.15. The lowest BCUT2D eigenvalue weighted by molar-refractivity contribution is -0.117. The van der Waals surface area contributed by atoms with Gasteiger partial charge in [0.2, 0.25) is 11.8 Å². The molecule has 4 aromatic rings. The number of benzene rings is 2. The smallest absolute Gasteiger partial charge is 0.225 e. The van der Waals surface area contributed by atoms with Crippen LogP contribution in [0.15, 0.2) is 60.7 Å². The number of H-pyrrole nitrogens is 2. The van der Waals surface area contributed by atoms with Crippen LogP contribution < -0.4 is 20.1 Å². The van der Waals surface area contributed by atoms with E-state index in [2.05, 4.69) is 31.0 Å². The van der Waals surface area contributed by atoms with Crippen molar-refractivity contribution in [3.63, 3.8) is 0 Å². The molecule has 0 bridgehead atoms. The van der Waals surface area contributed by atoms with Crippen LogP contribution >= 0.6 is 0 Å². The number of carbonyl (C=O) groups excluding carboxylic acids is 2. The van der Waals surface area contributed by atoms with Gasteiger partial charge in [-0.25, -0.2) is 0 Å². The van der Waals surface area contributed by atoms with E-state index in [-0.39, 0.29) is 24.7 Å². The van der Waals surface area contributed by atoms with Crippen molar-refractivity contribution < 1.29 is 19.1 Å². The maximum atomic E-state index is 12.3. The van der Waals surface area contributed by atoms with Crippen LogP contribution in [-0.2, 0) is 9.59 Å². The number of amides is 2. The number of nitrogens with one attached hydrogen (secondary N) is 4. The summed E-state index contributed by atoms with van der Waals surface area (Å²) in [5.74, 6) is 1.75. The third-order valence-corrected chi connectivity index (χ3v) is 5.29. The van der Waals surface area contributed by atoms with E-state index in [9.17, 15) is 9.59 Å². The first kappa shape index (κ1) is 23.6. The Kier molecular flexibility index (Phi) is 7.41. The molecule has 0 unspecified atom stereocenters. The van der Waals surface area contributed by atoms with Crippen molar-refractivity contribution in [2.75, 3.05) is 24.9 Å². The number of aromatic nitrogens is 4.